The Kier molecular flexibility index (Phi) is 5.87. The number of aliphatic carboxylic acids is 1. The number of oxazole rings is 1. The Morgan fingerprint density at radius 3 is 2.68 bits per heavy atom. The smallest absolute Gasteiger partial charge is 0.323 e. The summed E-state index contributed by atoms with van der Waals surface area (Å²) in [5.41, 5.74) is -0.00715. The van der Waals surface area contributed by atoms with E-state index in [1.165, 1.54) is 11.8 Å². The highest BCUT2D eigenvalue weighted by Gasteiger charge is 2.31. The molecule has 1 atom stereocenters. The maximum atomic E-state index is 11.3. The summed E-state index contributed by atoms with van der Waals surface area (Å²) < 4.78 is 5.45. The molecule has 0 saturated heterocycles. The number of thioether (sulfide) groups is 1. The van der Waals surface area contributed by atoms with Gasteiger partial charge >= 0.3 is 5.97 Å². The molecule has 1 aromatic rings. The van der Waals surface area contributed by atoms with E-state index in [-0.39, 0.29) is 0 Å². The molecule has 5 nitrogen and oxygen atoms in total. The minimum atomic E-state index is -0.889. The van der Waals surface area contributed by atoms with Crippen molar-refractivity contribution < 1.29 is 14.3 Å². The van der Waals surface area contributed by atoms with Gasteiger partial charge < -0.3 is 14.8 Å². The first kappa shape index (κ1) is 16.0. The molecule has 2 N–H and O–H groups in total. The number of aryl methyl sites for hydroxylation is 2. The van der Waals surface area contributed by atoms with Gasteiger partial charge in [0.1, 0.15) is 11.3 Å². The number of aromatic nitrogens is 1. The van der Waals surface area contributed by atoms with Crippen LogP contribution in [-0.4, -0.2) is 33.9 Å². The zero-order valence-electron chi connectivity index (χ0n) is 11.9. The number of carboxylic acids is 1. The number of hydrogen-bond donors (Lipinski definition) is 2. The predicted octanol–water partition coefficient (Wildman–Crippen LogP) is 2.62. The lowest BCUT2D eigenvalue weighted by atomic mass is 9.99. The fraction of sp³-hybridized carbons (Fsp3) is 0.692. The average Bonchev–Trinajstić information content (AvgIpc) is 2.66. The van der Waals surface area contributed by atoms with Crippen molar-refractivity contribution in [2.75, 3.05) is 12.3 Å². The monoisotopic (exact) mass is 286 g/mol. The van der Waals surface area contributed by atoms with E-state index in [9.17, 15) is 9.90 Å². The summed E-state index contributed by atoms with van der Waals surface area (Å²) in [6, 6.07) is 0. The molecule has 0 bridgehead atoms. The molecule has 1 rings (SSSR count). The van der Waals surface area contributed by atoms with Gasteiger partial charge in [-0.15, -0.1) is 0 Å². The lowest BCUT2D eigenvalue weighted by Crippen LogP contribution is -2.50. The van der Waals surface area contributed by atoms with Gasteiger partial charge in [0.15, 0.2) is 0 Å². The molecule has 1 unspecified atom stereocenters. The van der Waals surface area contributed by atoms with Crippen LogP contribution in [0.5, 0.6) is 0 Å². The molecule has 0 spiro atoms. The lowest BCUT2D eigenvalue weighted by molar-refractivity contribution is -0.144. The van der Waals surface area contributed by atoms with Crippen molar-refractivity contribution in [3.63, 3.8) is 0 Å². The van der Waals surface area contributed by atoms with E-state index in [2.05, 4.69) is 10.3 Å². The minimum Gasteiger partial charge on any atom is -0.480 e. The van der Waals surface area contributed by atoms with Gasteiger partial charge in [-0.05, 0) is 40.2 Å². The van der Waals surface area contributed by atoms with E-state index in [4.69, 9.17) is 4.42 Å². The molecule has 1 heterocycles. The van der Waals surface area contributed by atoms with E-state index < -0.39 is 11.5 Å². The summed E-state index contributed by atoms with van der Waals surface area (Å²) >= 11 is 1.45. The first-order chi connectivity index (χ1) is 8.89. The molecule has 0 aliphatic heterocycles. The molecule has 6 heteroatoms. The summed E-state index contributed by atoms with van der Waals surface area (Å²) in [4.78, 5) is 15.6. The molecular weight excluding hydrogens is 264 g/mol. The zero-order valence-corrected chi connectivity index (χ0v) is 12.8. The van der Waals surface area contributed by atoms with Gasteiger partial charge in [-0.25, -0.2) is 4.98 Å². The van der Waals surface area contributed by atoms with Crippen molar-refractivity contribution in [2.45, 2.75) is 51.3 Å². The fourth-order valence-corrected chi connectivity index (χ4v) is 2.59. The van der Waals surface area contributed by atoms with E-state index in [1.807, 2.05) is 20.8 Å². The second kappa shape index (κ2) is 6.96. The van der Waals surface area contributed by atoms with Crippen molar-refractivity contribution in [3.8, 4) is 0 Å². The standard InChI is InChI=1S/C13H22N2O3S/c1-5-7-14-13(4,11(16)17)6-8-19-12-15-9(2)10(3)18-12/h14H,5-8H2,1-4H3,(H,16,17). The Hall–Kier alpha value is -1.01. The fourth-order valence-electron chi connectivity index (χ4n) is 1.52. The van der Waals surface area contributed by atoms with Crippen LogP contribution in [0, 0.1) is 13.8 Å². The Balaban J connectivity index is 2.50. The van der Waals surface area contributed by atoms with Crippen molar-refractivity contribution in [1.29, 1.82) is 0 Å². The molecule has 108 valence electrons. The van der Waals surface area contributed by atoms with Gasteiger partial charge in [0, 0.05) is 5.75 Å². The number of nitrogens with zero attached hydrogens (tertiary/aromatic N) is 1. The van der Waals surface area contributed by atoms with E-state index in [0.29, 0.717) is 23.9 Å². The highest BCUT2D eigenvalue weighted by atomic mass is 32.2. The van der Waals surface area contributed by atoms with Gasteiger partial charge in [0.25, 0.3) is 5.22 Å². The molecule has 0 radical (unpaired) electrons. The molecule has 0 amide bonds. The quantitative estimate of drug-likeness (QED) is 0.715. The highest BCUT2D eigenvalue weighted by molar-refractivity contribution is 7.99. The Morgan fingerprint density at radius 2 is 2.21 bits per heavy atom. The second-order valence-electron chi connectivity index (χ2n) is 4.78. The molecule has 0 aromatic carbocycles. The number of carboxylic acid groups (broad SMARTS) is 1. The van der Waals surface area contributed by atoms with Crippen LogP contribution in [0.1, 0.15) is 38.1 Å². The molecule has 0 aliphatic rings. The van der Waals surface area contributed by atoms with Crippen LogP contribution in [0.2, 0.25) is 0 Å². The van der Waals surface area contributed by atoms with Gasteiger partial charge in [-0.3, -0.25) is 4.79 Å². The maximum Gasteiger partial charge on any atom is 0.323 e. The largest absolute Gasteiger partial charge is 0.480 e. The SMILES string of the molecule is CCCNC(C)(CCSc1nc(C)c(C)o1)C(=O)O. The topological polar surface area (TPSA) is 75.4 Å². The van der Waals surface area contributed by atoms with Crippen LogP contribution in [0.4, 0.5) is 0 Å². The molecule has 0 aliphatic carbocycles. The third kappa shape index (κ3) is 4.54. The third-order valence-corrected chi connectivity index (χ3v) is 3.90. The van der Waals surface area contributed by atoms with Crippen molar-refractivity contribution >= 4 is 17.7 Å². The van der Waals surface area contributed by atoms with Crippen LogP contribution >= 0.6 is 11.8 Å². The predicted molar refractivity (Wildman–Crippen MR) is 75.7 cm³/mol. The van der Waals surface area contributed by atoms with E-state index in [1.54, 1.807) is 6.92 Å². The van der Waals surface area contributed by atoms with Crippen LogP contribution in [0.3, 0.4) is 0 Å². The van der Waals surface area contributed by atoms with Gasteiger partial charge in [0.2, 0.25) is 0 Å². The lowest BCUT2D eigenvalue weighted by Gasteiger charge is -2.25. The van der Waals surface area contributed by atoms with Crippen LogP contribution in [0.15, 0.2) is 9.64 Å². The molecule has 1 aromatic heterocycles. The number of carbonyl (C=O) groups is 1. The summed E-state index contributed by atoms with van der Waals surface area (Å²) in [6.45, 7) is 8.20. The van der Waals surface area contributed by atoms with Crippen molar-refractivity contribution in [3.05, 3.63) is 11.5 Å². The summed E-state index contributed by atoms with van der Waals surface area (Å²) in [5, 5.41) is 13.0. The third-order valence-electron chi connectivity index (χ3n) is 3.07. The summed E-state index contributed by atoms with van der Waals surface area (Å²) in [6.07, 6.45) is 1.43. The van der Waals surface area contributed by atoms with Crippen LogP contribution < -0.4 is 5.32 Å². The van der Waals surface area contributed by atoms with Crippen molar-refractivity contribution in [2.24, 2.45) is 0 Å². The molecular formula is C13H22N2O3S. The summed E-state index contributed by atoms with van der Waals surface area (Å²) in [5.74, 6) is 0.646. The number of nitrogens with one attached hydrogen (secondary N) is 1. The van der Waals surface area contributed by atoms with Crippen LogP contribution in [-0.2, 0) is 4.79 Å². The maximum absolute atomic E-state index is 11.3. The Labute approximate surface area is 118 Å². The van der Waals surface area contributed by atoms with E-state index >= 15 is 0 Å². The average molecular weight is 286 g/mol. The normalized spacial score (nSPS) is 14.3. The zero-order chi connectivity index (χ0) is 14.5. The Morgan fingerprint density at radius 1 is 1.53 bits per heavy atom. The first-order valence-corrected chi connectivity index (χ1v) is 7.43. The second-order valence-corrected chi connectivity index (χ2v) is 5.83. The molecule has 0 fully saturated rings. The molecule has 19 heavy (non-hydrogen) atoms. The minimum absolute atomic E-state index is 0.521. The van der Waals surface area contributed by atoms with Crippen molar-refractivity contribution in [1.82, 2.24) is 10.3 Å². The van der Waals surface area contributed by atoms with Gasteiger partial charge in [-0.1, -0.05) is 18.7 Å². The number of hydrogen-bond acceptors (Lipinski definition) is 5. The first-order valence-electron chi connectivity index (χ1n) is 6.44. The van der Waals surface area contributed by atoms with Gasteiger partial charge in [0.05, 0.1) is 5.69 Å². The van der Waals surface area contributed by atoms with E-state index in [0.717, 1.165) is 17.9 Å². The van der Waals surface area contributed by atoms with Crippen LogP contribution in [0.25, 0.3) is 0 Å². The Bertz CT molecular complexity index is 414. The molecule has 0 saturated carbocycles. The summed E-state index contributed by atoms with van der Waals surface area (Å²) in [7, 11) is 0. The number of rotatable bonds is 8. The highest BCUT2D eigenvalue weighted by Crippen LogP contribution is 2.23. The van der Waals surface area contributed by atoms with Gasteiger partial charge in [-0.2, -0.15) is 0 Å².